The summed E-state index contributed by atoms with van der Waals surface area (Å²) in [5.74, 6) is -0.662. The smallest absolute Gasteiger partial charge is 0.347 e. The zero-order valence-electron chi connectivity index (χ0n) is 10.6. The van der Waals surface area contributed by atoms with Gasteiger partial charge in [0.05, 0.1) is 0 Å². The van der Waals surface area contributed by atoms with Crippen LogP contribution in [0.1, 0.15) is 17.3 Å². The summed E-state index contributed by atoms with van der Waals surface area (Å²) in [6.45, 7) is 1.25. The van der Waals surface area contributed by atoms with E-state index in [0.717, 1.165) is 0 Å². The van der Waals surface area contributed by atoms with Gasteiger partial charge < -0.3 is 9.47 Å². The van der Waals surface area contributed by atoms with Crippen molar-refractivity contribution in [3.05, 3.63) is 59.1 Å². The van der Waals surface area contributed by atoms with Crippen molar-refractivity contribution in [1.82, 2.24) is 0 Å². The van der Waals surface area contributed by atoms with E-state index in [9.17, 15) is 9.59 Å². The molecule has 4 nitrogen and oxygen atoms in total. The molecule has 102 valence electrons. The van der Waals surface area contributed by atoms with Crippen molar-refractivity contribution in [2.24, 2.45) is 0 Å². The Morgan fingerprint density at radius 2 is 1.70 bits per heavy atom. The number of ether oxygens (including phenoxy) is 2. The number of carbonyl (C=O) groups is 2. The van der Waals surface area contributed by atoms with Gasteiger partial charge in [-0.05, 0) is 30.3 Å². The van der Waals surface area contributed by atoms with Gasteiger partial charge in [-0.25, -0.2) is 4.79 Å². The highest BCUT2D eigenvalue weighted by molar-refractivity contribution is 6.31. The van der Waals surface area contributed by atoms with Crippen LogP contribution < -0.4 is 9.47 Å². The monoisotopic (exact) mass is 290 g/mol. The Balaban J connectivity index is 2.28. The highest BCUT2D eigenvalue weighted by atomic mass is 35.5. The van der Waals surface area contributed by atoms with Gasteiger partial charge in [-0.2, -0.15) is 0 Å². The summed E-state index contributed by atoms with van der Waals surface area (Å²) in [5, 5.41) is 0.348. The molecule has 2 rings (SSSR count). The number of hydrogen-bond donors (Lipinski definition) is 0. The maximum atomic E-state index is 12.1. The molecular formula is C15H11ClO4. The van der Waals surface area contributed by atoms with Gasteiger partial charge in [0.1, 0.15) is 17.1 Å². The average Bonchev–Trinajstić information content (AvgIpc) is 2.41. The van der Waals surface area contributed by atoms with E-state index in [2.05, 4.69) is 0 Å². The summed E-state index contributed by atoms with van der Waals surface area (Å²) in [7, 11) is 0. The molecule has 0 radical (unpaired) electrons. The van der Waals surface area contributed by atoms with Crippen molar-refractivity contribution >= 4 is 23.5 Å². The van der Waals surface area contributed by atoms with Crippen molar-refractivity contribution in [3.63, 3.8) is 0 Å². The second kappa shape index (κ2) is 6.21. The molecule has 0 unspecified atom stereocenters. The lowest BCUT2D eigenvalue weighted by molar-refractivity contribution is -0.131. The van der Waals surface area contributed by atoms with Gasteiger partial charge in [0.15, 0.2) is 0 Å². The summed E-state index contributed by atoms with van der Waals surface area (Å²) in [5.41, 5.74) is 0.0940. The average molecular weight is 291 g/mol. The van der Waals surface area contributed by atoms with Crippen molar-refractivity contribution in [2.75, 3.05) is 0 Å². The minimum Gasteiger partial charge on any atom is -0.426 e. The summed E-state index contributed by atoms with van der Waals surface area (Å²) in [4.78, 5) is 23.1. The Kier molecular flexibility index (Phi) is 4.38. The first-order valence-electron chi connectivity index (χ1n) is 5.81. The van der Waals surface area contributed by atoms with Crippen LogP contribution in [0.15, 0.2) is 48.5 Å². The van der Waals surface area contributed by atoms with Crippen molar-refractivity contribution < 1.29 is 19.1 Å². The molecule has 0 saturated heterocycles. The van der Waals surface area contributed by atoms with Crippen molar-refractivity contribution in [1.29, 1.82) is 0 Å². The molecule has 0 fully saturated rings. The maximum absolute atomic E-state index is 12.1. The van der Waals surface area contributed by atoms with Crippen molar-refractivity contribution in [2.45, 2.75) is 6.92 Å². The molecule has 0 N–H and O–H groups in total. The fourth-order valence-corrected chi connectivity index (χ4v) is 1.73. The zero-order valence-corrected chi connectivity index (χ0v) is 11.4. The molecule has 0 heterocycles. The molecule has 2 aromatic rings. The van der Waals surface area contributed by atoms with Gasteiger partial charge in [0.25, 0.3) is 0 Å². The van der Waals surface area contributed by atoms with Crippen molar-refractivity contribution in [3.8, 4) is 11.5 Å². The molecule has 5 heteroatoms. The standard InChI is InChI=1S/C15H11ClO4/c1-10(17)19-14-8-7-11(16)9-13(14)15(18)20-12-5-3-2-4-6-12/h2-9H,1H3. The molecule has 0 bridgehead atoms. The van der Waals surface area contributed by atoms with Gasteiger partial charge in [0, 0.05) is 11.9 Å². The third kappa shape index (κ3) is 3.59. The minimum absolute atomic E-state index is 0.0940. The number of para-hydroxylation sites is 1. The number of esters is 2. The fourth-order valence-electron chi connectivity index (χ4n) is 1.56. The molecule has 0 spiro atoms. The van der Waals surface area contributed by atoms with Gasteiger partial charge in [-0.1, -0.05) is 29.8 Å². The Morgan fingerprint density at radius 3 is 2.35 bits per heavy atom. The highest BCUT2D eigenvalue weighted by Gasteiger charge is 2.17. The summed E-state index contributed by atoms with van der Waals surface area (Å²) >= 11 is 5.85. The topological polar surface area (TPSA) is 52.6 Å². The Labute approximate surface area is 120 Å². The van der Waals surface area contributed by atoms with Crippen LogP contribution in [0.5, 0.6) is 11.5 Å². The van der Waals surface area contributed by atoms with Crippen LogP contribution >= 0.6 is 11.6 Å². The third-order valence-corrected chi connectivity index (χ3v) is 2.60. The van der Waals surface area contributed by atoms with Gasteiger partial charge in [-0.15, -0.1) is 0 Å². The predicted molar refractivity (Wildman–Crippen MR) is 74.2 cm³/mol. The minimum atomic E-state index is -0.644. The molecular weight excluding hydrogens is 280 g/mol. The quantitative estimate of drug-likeness (QED) is 0.641. The molecule has 0 aliphatic rings. The van der Waals surface area contributed by atoms with E-state index in [1.54, 1.807) is 30.3 Å². The lowest BCUT2D eigenvalue weighted by atomic mass is 10.2. The van der Waals surface area contributed by atoms with Crippen LogP contribution in [0.4, 0.5) is 0 Å². The van der Waals surface area contributed by atoms with Gasteiger partial charge in [0.2, 0.25) is 0 Å². The first-order valence-corrected chi connectivity index (χ1v) is 6.19. The zero-order chi connectivity index (χ0) is 14.5. The van der Waals surface area contributed by atoms with E-state index in [0.29, 0.717) is 10.8 Å². The largest absolute Gasteiger partial charge is 0.426 e. The molecule has 20 heavy (non-hydrogen) atoms. The van der Waals surface area contributed by atoms with E-state index in [4.69, 9.17) is 21.1 Å². The molecule has 0 aromatic heterocycles. The number of hydrogen-bond acceptors (Lipinski definition) is 4. The number of rotatable bonds is 3. The summed E-state index contributed by atoms with van der Waals surface area (Å²) in [6, 6.07) is 13.0. The normalized spacial score (nSPS) is 9.90. The first-order chi connectivity index (χ1) is 9.56. The third-order valence-electron chi connectivity index (χ3n) is 2.37. The van der Waals surface area contributed by atoms with Crippen LogP contribution in [-0.4, -0.2) is 11.9 Å². The van der Waals surface area contributed by atoms with Crippen LogP contribution in [0.3, 0.4) is 0 Å². The van der Waals surface area contributed by atoms with Crippen LogP contribution in [0.2, 0.25) is 5.02 Å². The van der Waals surface area contributed by atoms with E-state index < -0.39 is 11.9 Å². The van der Waals surface area contributed by atoms with E-state index in [1.807, 2.05) is 0 Å². The van der Waals surface area contributed by atoms with E-state index in [1.165, 1.54) is 25.1 Å². The Bertz CT molecular complexity index is 638. The molecule has 0 amide bonds. The van der Waals surface area contributed by atoms with E-state index in [-0.39, 0.29) is 11.3 Å². The summed E-state index contributed by atoms with van der Waals surface area (Å²) < 4.78 is 10.1. The molecule has 0 aliphatic carbocycles. The Hall–Kier alpha value is -2.33. The van der Waals surface area contributed by atoms with Crippen LogP contribution in [0, 0.1) is 0 Å². The number of carbonyl (C=O) groups excluding carboxylic acids is 2. The second-order valence-corrected chi connectivity index (χ2v) is 4.37. The van der Waals surface area contributed by atoms with Crippen LogP contribution in [-0.2, 0) is 4.79 Å². The molecule has 2 aromatic carbocycles. The lowest BCUT2D eigenvalue weighted by Crippen LogP contribution is -2.12. The summed E-state index contributed by atoms with van der Waals surface area (Å²) in [6.07, 6.45) is 0. The van der Waals surface area contributed by atoms with Gasteiger partial charge >= 0.3 is 11.9 Å². The second-order valence-electron chi connectivity index (χ2n) is 3.94. The highest BCUT2D eigenvalue weighted by Crippen LogP contribution is 2.24. The fraction of sp³-hybridized carbons (Fsp3) is 0.0667. The van der Waals surface area contributed by atoms with Crippen LogP contribution in [0.25, 0.3) is 0 Å². The predicted octanol–water partition coefficient (Wildman–Crippen LogP) is 3.48. The maximum Gasteiger partial charge on any atom is 0.347 e. The number of benzene rings is 2. The Morgan fingerprint density at radius 1 is 1.00 bits per heavy atom. The molecule has 0 saturated carbocycles. The SMILES string of the molecule is CC(=O)Oc1ccc(Cl)cc1C(=O)Oc1ccccc1. The lowest BCUT2D eigenvalue weighted by Gasteiger charge is -2.09. The number of halogens is 1. The van der Waals surface area contributed by atoms with Gasteiger partial charge in [-0.3, -0.25) is 4.79 Å². The van der Waals surface area contributed by atoms with E-state index >= 15 is 0 Å². The molecule has 0 atom stereocenters. The molecule has 0 aliphatic heterocycles. The first kappa shape index (κ1) is 14.1.